The summed E-state index contributed by atoms with van der Waals surface area (Å²) in [5, 5.41) is 6.03. The fraction of sp³-hybridized carbons (Fsp3) is 0.615. The minimum atomic E-state index is -0.776. The molecule has 0 radical (unpaired) electrons. The van der Waals surface area contributed by atoms with Gasteiger partial charge in [-0.2, -0.15) is 0 Å². The van der Waals surface area contributed by atoms with Gasteiger partial charge < -0.3 is 20.3 Å². The van der Waals surface area contributed by atoms with Gasteiger partial charge in [-0.3, -0.25) is 14.4 Å². The summed E-state index contributed by atoms with van der Waals surface area (Å²) in [5.74, 6) is 1.27. The molecule has 2 amide bonds. The lowest BCUT2D eigenvalue weighted by atomic mass is 9.49. The summed E-state index contributed by atoms with van der Waals surface area (Å²) in [6.07, 6.45) is 7.15. The summed E-state index contributed by atoms with van der Waals surface area (Å²) in [5.41, 5.74) is 0.767. The Balaban J connectivity index is 1.18. The molecule has 4 bridgehead atoms. The molecule has 7 nitrogen and oxygen atoms in total. The van der Waals surface area contributed by atoms with Gasteiger partial charge in [-0.1, -0.05) is 30.3 Å². The second-order valence-electron chi connectivity index (χ2n) is 10.6. The van der Waals surface area contributed by atoms with Crippen LogP contribution in [0.1, 0.15) is 50.5 Å². The third-order valence-corrected chi connectivity index (χ3v) is 8.53. The van der Waals surface area contributed by atoms with Gasteiger partial charge in [0.2, 0.25) is 11.8 Å². The summed E-state index contributed by atoms with van der Waals surface area (Å²) in [4.78, 5) is 40.2. The number of rotatable bonds is 6. The number of hydrogen-bond acceptors (Lipinski definition) is 5. The zero-order valence-electron chi connectivity index (χ0n) is 19.5. The first kappa shape index (κ1) is 23.3. The molecule has 1 aliphatic heterocycles. The van der Waals surface area contributed by atoms with E-state index in [2.05, 4.69) is 10.6 Å². The van der Waals surface area contributed by atoms with Crippen molar-refractivity contribution in [2.24, 2.45) is 23.2 Å². The minimum Gasteiger partial charge on any atom is -0.465 e. The molecule has 2 N–H and O–H groups in total. The summed E-state index contributed by atoms with van der Waals surface area (Å²) >= 11 is 5.60. The molecule has 4 saturated carbocycles. The van der Waals surface area contributed by atoms with Gasteiger partial charge >= 0.3 is 5.97 Å². The molecule has 1 aromatic carbocycles. The van der Waals surface area contributed by atoms with E-state index in [4.69, 9.17) is 17.0 Å². The molecule has 1 atom stereocenters. The summed E-state index contributed by atoms with van der Waals surface area (Å²) in [6.45, 7) is 1.13. The van der Waals surface area contributed by atoms with E-state index in [0.29, 0.717) is 37.3 Å². The zero-order chi connectivity index (χ0) is 23.7. The van der Waals surface area contributed by atoms with E-state index in [9.17, 15) is 14.4 Å². The lowest BCUT2D eigenvalue weighted by Gasteiger charge is -2.55. The standard InChI is InChI=1S/C26H33N3O4S/c30-22(33-9-6-17-4-2-1-3-5-17)13-21-23(31)27-7-8-29(21)25(34)28-24(32)26-14-18-10-19(15-26)12-20(11-18)16-26/h1-5,18-21H,6-16H2,(H,27,31)(H,28,32,34). The number of esters is 1. The largest absolute Gasteiger partial charge is 0.465 e. The molecule has 1 unspecified atom stereocenters. The van der Waals surface area contributed by atoms with Crippen molar-refractivity contribution in [3.8, 4) is 0 Å². The second-order valence-corrected chi connectivity index (χ2v) is 11.0. The van der Waals surface area contributed by atoms with Gasteiger partial charge in [0.15, 0.2) is 5.11 Å². The Hall–Kier alpha value is -2.48. The van der Waals surface area contributed by atoms with Crippen LogP contribution < -0.4 is 10.6 Å². The van der Waals surface area contributed by atoms with Crippen molar-refractivity contribution in [2.45, 2.75) is 57.4 Å². The Kier molecular flexibility index (Phi) is 6.60. The fourth-order valence-electron chi connectivity index (χ4n) is 7.00. The van der Waals surface area contributed by atoms with Crippen molar-refractivity contribution < 1.29 is 19.1 Å². The normalized spacial score (nSPS) is 31.6. The van der Waals surface area contributed by atoms with Crippen LogP contribution in [0.5, 0.6) is 0 Å². The summed E-state index contributed by atoms with van der Waals surface area (Å²) < 4.78 is 5.39. The highest BCUT2D eigenvalue weighted by molar-refractivity contribution is 7.80. The van der Waals surface area contributed by atoms with E-state index in [1.54, 1.807) is 4.90 Å². The Morgan fingerprint density at radius 2 is 1.74 bits per heavy atom. The molecule has 5 fully saturated rings. The quantitative estimate of drug-likeness (QED) is 0.478. The molecular formula is C26H33N3O4S. The number of benzene rings is 1. The number of carbonyl (C=O) groups excluding carboxylic acids is 3. The number of ether oxygens (including phenoxy) is 1. The van der Waals surface area contributed by atoms with E-state index in [-0.39, 0.29) is 35.4 Å². The van der Waals surface area contributed by atoms with Crippen LogP contribution in [0.15, 0.2) is 30.3 Å². The molecule has 8 heteroatoms. The lowest BCUT2D eigenvalue weighted by molar-refractivity contribution is -0.147. The number of nitrogens with zero attached hydrogens (tertiary/aromatic N) is 1. The number of piperazine rings is 1. The predicted molar refractivity (Wildman–Crippen MR) is 131 cm³/mol. The maximum absolute atomic E-state index is 13.4. The second kappa shape index (κ2) is 9.64. The lowest BCUT2D eigenvalue weighted by Crippen LogP contribution is -2.62. The third kappa shape index (κ3) is 4.83. The molecular weight excluding hydrogens is 450 g/mol. The predicted octanol–water partition coefficient (Wildman–Crippen LogP) is 2.58. The van der Waals surface area contributed by atoms with Gasteiger partial charge in [0.05, 0.1) is 18.4 Å². The van der Waals surface area contributed by atoms with E-state index >= 15 is 0 Å². The maximum atomic E-state index is 13.4. The van der Waals surface area contributed by atoms with Gasteiger partial charge in [-0.25, -0.2) is 0 Å². The van der Waals surface area contributed by atoms with Crippen molar-refractivity contribution in [1.29, 1.82) is 0 Å². The van der Waals surface area contributed by atoms with E-state index in [0.717, 1.165) is 24.8 Å². The van der Waals surface area contributed by atoms with Crippen LogP contribution in [0.2, 0.25) is 0 Å². The van der Waals surface area contributed by atoms with E-state index < -0.39 is 12.0 Å². The highest BCUT2D eigenvalue weighted by Gasteiger charge is 2.55. The Morgan fingerprint density at radius 1 is 1.09 bits per heavy atom. The van der Waals surface area contributed by atoms with Crippen LogP contribution in [-0.4, -0.2) is 53.5 Å². The van der Waals surface area contributed by atoms with Crippen LogP contribution in [0.25, 0.3) is 0 Å². The fourth-order valence-corrected chi connectivity index (χ4v) is 7.31. The minimum absolute atomic E-state index is 0.00627. The Morgan fingerprint density at radius 3 is 2.38 bits per heavy atom. The monoisotopic (exact) mass is 483 g/mol. The molecule has 0 aromatic heterocycles. The average molecular weight is 484 g/mol. The van der Waals surface area contributed by atoms with Crippen molar-refractivity contribution in [3.05, 3.63) is 35.9 Å². The van der Waals surface area contributed by atoms with Gasteiger partial charge in [-0.05, 0) is 74.1 Å². The van der Waals surface area contributed by atoms with Crippen LogP contribution in [-0.2, 0) is 25.5 Å². The maximum Gasteiger partial charge on any atom is 0.308 e. The van der Waals surface area contributed by atoms with Crippen LogP contribution in [0.4, 0.5) is 0 Å². The van der Waals surface area contributed by atoms with Crippen molar-refractivity contribution in [2.75, 3.05) is 19.7 Å². The highest BCUT2D eigenvalue weighted by Crippen LogP contribution is 2.60. The Labute approximate surface area is 206 Å². The first-order valence-corrected chi connectivity index (χ1v) is 12.9. The number of thiocarbonyl (C=S) groups is 1. The number of amides is 2. The SMILES string of the molecule is O=C(CC1C(=O)NCCN1C(=S)NC(=O)C12CC3CC(CC(C3)C1)C2)OCCc1ccccc1. The molecule has 0 spiro atoms. The first-order chi connectivity index (χ1) is 16.4. The number of hydrogen-bond donors (Lipinski definition) is 2. The molecule has 34 heavy (non-hydrogen) atoms. The molecule has 5 aliphatic rings. The average Bonchev–Trinajstić information content (AvgIpc) is 2.80. The van der Waals surface area contributed by atoms with Crippen molar-refractivity contribution in [3.63, 3.8) is 0 Å². The number of carbonyl (C=O) groups is 3. The summed E-state index contributed by atoms with van der Waals surface area (Å²) in [7, 11) is 0. The van der Waals surface area contributed by atoms with Gasteiger partial charge in [0.1, 0.15) is 6.04 Å². The van der Waals surface area contributed by atoms with Crippen LogP contribution in [0.3, 0.4) is 0 Å². The smallest absolute Gasteiger partial charge is 0.308 e. The first-order valence-electron chi connectivity index (χ1n) is 12.5. The van der Waals surface area contributed by atoms with Crippen LogP contribution in [0, 0.1) is 23.2 Å². The van der Waals surface area contributed by atoms with Gasteiger partial charge in [-0.15, -0.1) is 0 Å². The number of nitrogens with one attached hydrogen (secondary N) is 2. The molecule has 1 saturated heterocycles. The topological polar surface area (TPSA) is 87.7 Å². The van der Waals surface area contributed by atoms with E-state index in [1.807, 2.05) is 30.3 Å². The molecule has 4 aliphatic carbocycles. The highest BCUT2D eigenvalue weighted by atomic mass is 32.1. The molecule has 182 valence electrons. The molecule has 6 rings (SSSR count). The van der Waals surface area contributed by atoms with Gasteiger partial charge in [0.25, 0.3) is 0 Å². The zero-order valence-corrected chi connectivity index (χ0v) is 20.3. The van der Waals surface area contributed by atoms with E-state index in [1.165, 1.54) is 19.3 Å². The summed E-state index contributed by atoms with van der Waals surface area (Å²) in [6, 6.07) is 9.02. The van der Waals surface area contributed by atoms with Crippen molar-refractivity contribution in [1.82, 2.24) is 15.5 Å². The van der Waals surface area contributed by atoms with Crippen LogP contribution >= 0.6 is 12.2 Å². The van der Waals surface area contributed by atoms with Gasteiger partial charge in [0, 0.05) is 19.5 Å². The third-order valence-electron chi connectivity index (χ3n) is 8.19. The molecule has 1 aromatic rings. The Bertz CT molecular complexity index is 931. The molecule has 1 heterocycles. The van der Waals surface area contributed by atoms with Crippen molar-refractivity contribution >= 4 is 35.1 Å².